The lowest BCUT2D eigenvalue weighted by Gasteiger charge is -2.06. The van der Waals surface area contributed by atoms with E-state index in [1.54, 1.807) is 36.7 Å². The molecule has 0 radical (unpaired) electrons. The second-order valence-corrected chi connectivity index (χ2v) is 3.59. The van der Waals surface area contributed by atoms with Gasteiger partial charge in [-0.1, -0.05) is 6.07 Å². The molecule has 4 nitrogen and oxygen atoms in total. The minimum Gasteiger partial charge on any atom is -0.489 e. The zero-order valence-electron chi connectivity index (χ0n) is 9.26. The highest BCUT2D eigenvalue weighted by Crippen LogP contribution is 2.13. The summed E-state index contributed by atoms with van der Waals surface area (Å²) in [6.45, 7) is 0.479. The van der Waals surface area contributed by atoms with Crippen molar-refractivity contribution < 1.29 is 4.74 Å². The third kappa shape index (κ3) is 3.04. The van der Waals surface area contributed by atoms with E-state index in [-0.39, 0.29) is 5.84 Å². The van der Waals surface area contributed by atoms with Gasteiger partial charge >= 0.3 is 0 Å². The summed E-state index contributed by atoms with van der Waals surface area (Å²) in [6.07, 6.45) is 3.50. The van der Waals surface area contributed by atoms with Crippen molar-refractivity contribution in [1.29, 1.82) is 5.41 Å². The Balaban J connectivity index is 1.98. The lowest BCUT2D eigenvalue weighted by atomic mass is 10.2. The molecule has 0 saturated carbocycles. The second-order valence-electron chi connectivity index (χ2n) is 3.59. The Hall–Kier alpha value is -2.36. The molecule has 0 spiro atoms. The SMILES string of the molecule is N=C(N)c1ccc(OCc2cccnc2)cc1. The topological polar surface area (TPSA) is 72.0 Å². The summed E-state index contributed by atoms with van der Waals surface area (Å²) in [7, 11) is 0. The Morgan fingerprint density at radius 3 is 2.59 bits per heavy atom. The summed E-state index contributed by atoms with van der Waals surface area (Å²) in [6, 6.07) is 11.0. The largest absolute Gasteiger partial charge is 0.489 e. The van der Waals surface area contributed by atoms with E-state index in [9.17, 15) is 0 Å². The first-order chi connectivity index (χ1) is 8.25. The van der Waals surface area contributed by atoms with E-state index in [4.69, 9.17) is 15.9 Å². The highest BCUT2D eigenvalue weighted by Gasteiger charge is 1.98. The van der Waals surface area contributed by atoms with E-state index < -0.39 is 0 Å². The average Bonchev–Trinajstić information content (AvgIpc) is 2.38. The van der Waals surface area contributed by atoms with Gasteiger partial charge in [0.2, 0.25) is 0 Å². The Bertz CT molecular complexity index is 494. The van der Waals surface area contributed by atoms with Crippen molar-refractivity contribution in [2.24, 2.45) is 5.73 Å². The van der Waals surface area contributed by atoms with Crippen molar-refractivity contribution in [1.82, 2.24) is 4.98 Å². The number of nitrogens with one attached hydrogen (secondary N) is 1. The zero-order valence-corrected chi connectivity index (χ0v) is 9.26. The van der Waals surface area contributed by atoms with E-state index in [1.165, 1.54) is 0 Å². The quantitative estimate of drug-likeness (QED) is 0.619. The first-order valence-corrected chi connectivity index (χ1v) is 5.22. The molecule has 86 valence electrons. The molecule has 2 rings (SSSR count). The monoisotopic (exact) mass is 227 g/mol. The number of amidine groups is 1. The maximum absolute atomic E-state index is 7.27. The van der Waals surface area contributed by atoms with Gasteiger partial charge in [-0.25, -0.2) is 0 Å². The molecule has 0 aliphatic carbocycles. The van der Waals surface area contributed by atoms with Crippen LogP contribution in [0.1, 0.15) is 11.1 Å². The summed E-state index contributed by atoms with van der Waals surface area (Å²) in [5, 5.41) is 7.27. The lowest BCUT2D eigenvalue weighted by Crippen LogP contribution is -2.10. The number of nitrogens with two attached hydrogens (primary N) is 1. The predicted molar refractivity (Wildman–Crippen MR) is 66.0 cm³/mol. The Morgan fingerprint density at radius 2 is 2.00 bits per heavy atom. The fourth-order valence-electron chi connectivity index (χ4n) is 1.38. The van der Waals surface area contributed by atoms with Crippen molar-refractivity contribution in [3.8, 4) is 5.75 Å². The lowest BCUT2D eigenvalue weighted by molar-refractivity contribution is 0.306. The van der Waals surface area contributed by atoms with Gasteiger partial charge < -0.3 is 10.5 Å². The van der Waals surface area contributed by atoms with E-state index in [0.29, 0.717) is 12.2 Å². The van der Waals surface area contributed by atoms with Crippen molar-refractivity contribution in [2.75, 3.05) is 0 Å². The van der Waals surface area contributed by atoms with Gasteiger partial charge in [-0.2, -0.15) is 0 Å². The van der Waals surface area contributed by atoms with Crippen LogP contribution in [0.25, 0.3) is 0 Å². The summed E-state index contributed by atoms with van der Waals surface area (Å²) < 4.78 is 5.58. The van der Waals surface area contributed by atoms with Crippen LogP contribution in [-0.4, -0.2) is 10.8 Å². The number of nitrogen functional groups attached to an aromatic ring is 1. The Labute approximate surface area is 99.6 Å². The van der Waals surface area contributed by atoms with Gasteiger partial charge in [0.15, 0.2) is 0 Å². The molecule has 0 aliphatic rings. The number of ether oxygens (including phenoxy) is 1. The first-order valence-electron chi connectivity index (χ1n) is 5.22. The van der Waals surface area contributed by atoms with Crippen LogP contribution < -0.4 is 10.5 Å². The van der Waals surface area contributed by atoms with Crippen LogP contribution in [-0.2, 0) is 6.61 Å². The van der Waals surface area contributed by atoms with Crippen LogP contribution in [0.5, 0.6) is 5.75 Å². The first kappa shape index (κ1) is 11.1. The predicted octanol–water partition coefficient (Wildman–Crippen LogP) is 1.94. The minimum atomic E-state index is 0.0591. The molecular weight excluding hydrogens is 214 g/mol. The van der Waals surface area contributed by atoms with Gasteiger partial charge in [0.1, 0.15) is 18.2 Å². The van der Waals surface area contributed by atoms with Gasteiger partial charge in [0, 0.05) is 23.5 Å². The van der Waals surface area contributed by atoms with Gasteiger partial charge in [0.25, 0.3) is 0 Å². The van der Waals surface area contributed by atoms with E-state index in [0.717, 1.165) is 11.3 Å². The van der Waals surface area contributed by atoms with Crippen LogP contribution in [0, 0.1) is 5.41 Å². The van der Waals surface area contributed by atoms with Gasteiger partial charge in [-0.15, -0.1) is 0 Å². The number of hydrogen-bond acceptors (Lipinski definition) is 3. The molecule has 0 bridgehead atoms. The van der Waals surface area contributed by atoms with Crippen molar-refractivity contribution in [3.05, 3.63) is 59.9 Å². The fraction of sp³-hybridized carbons (Fsp3) is 0.0769. The number of aromatic nitrogens is 1. The third-order valence-electron chi connectivity index (χ3n) is 2.29. The molecule has 0 fully saturated rings. The molecule has 1 aromatic carbocycles. The van der Waals surface area contributed by atoms with E-state index in [1.807, 2.05) is 12.1 Å². The van der Waals surface area contributed by atoms with Gasteiger partial charge in [-0.3, -0.25) is 10.4 Å². The molecule has 1 aromatic heterocycles. The minimum absolute atomic E-state index is 0.0591. The number of nitrogens with zero attached hydrogens (tertiary/aromatic N) is 1. The molecular formula is C13H13N3O. The van der Waals surface area contributed by atoms with E-state index in [2.05, 4.69) is 4.98 Å². The highest BCUT2D eigenvalue weighted by atomic mass is 16.5. The molecule has 0 saturated heterocycles. The average molecular weight is 227 g/mol. The molecule has 2 aromatic rings. The molecule has 1 heterocycles. The summed E-state index contributed by atoms with van der Waals surface area (Å²) >= 11 is 0. The normalized spacial score (nSPS) is 9.88. The summed E-state index contributed by atoms with van der Waals surface area (Å²) in [4.78, 5) is 4.01. The van der Waals surface area contributed by atoms with Gasteiger partial charge in [-0.05, 0) is 30.3 Å². The molecule has 0 atom stereocenters. The summed E-state index contributed by atoms with van der Waals surface area (Å²) in [5.41, 5.74) is 7.07. The fourth-order valence-corrected chi connectivity index (χ4v) is 1.38. The third-order valence-corrected chi connectivity index (χ3v) is 2.29. The number of pyridine rings is 1. The zero-order chi connectivity index (χ0) is 12.1. The van der Waals surface area contributed by atoms with Crippen molar-refractivity contribution in [3.63, 3.8) is 0 Å². The Kier molecular flexibility index (Phi) is 3.35. The van der Waals surface area contributed by atoms with Crippen LogP contribution >= 0.6 is 0 Å². The van der Waals surface area contributed by atoms with Crippen LogP contribution in [0.4, 0.5) is 0 Å². The molecule has 4 heteroatoms. The van der Waals surface area contributed by atoms with Gasteiger partial charge in [0.05, 0.1) is 0 Å². The second kappa shape index (κ2) is 5.12. The highest BCUT2D eigenvalue weighted by molar-refractivity contribution is 5.94. The maximum atomic E-state index is 7.27. The molecule has 17 heavy (non-hydrogen) atoms. The maximum Gasteiger partial charge on any atom is 0.122 e. The standard InChI is InChI=1S/C13H13N3O/c14-13(15)11-3-5-12(6-4-11)17-9-10-2-1-7-16-8-10/h1-8H,9H2,(H3,14,15). The van der Waals surface area contributed by atoms with Crippen LogP contribution in [0.2, 0.25) is 0 Å². The number of benzene rings is 1. The van der Waals surface area contributed by atoms with E-state index >= 15 is 0 Å². The molecule has 0 unspecified atom stereocenters. The van der Waals surface area contributed by atoms with Crippen molar-refractivity contribution in [2.45, 2.75) is 6.61 Å². The van der Waals surface area contributed by atoms with Crippen molar-refractivity contribution >= 4 is 5.84 Å². The summed E-state index contributed by atoms with van der Waals surface area (Å²) in [5.74, 6) is 0.808. The molecule has 0 amide bonds. The van der Waals surface area contributed by atoms with Crippen LogP contribution in [0.15, 0.2) is 48.8 Å². The molecule has 3 N–H and O–H groups in total. The molecule has 0 aliphatic heterocycles. The number of rotatable bonds is 4. The van der Waals surface area contributed by atoms with Crippen LogP contribution in [0.3, 0.4) is 0 Å². The smallest absolute Gasteiger partial charge is 0.122 e. The number of hydrogen-bond donors (Lipinski definition) is 2. The Morgan fingerprint density at radius 1 is 1.24 bits per heavy atom.